The topological polar surface area (TPSA) is 3.24 Å². The third-order valence-corrected chi connectivity index (χ3v) is 11.9. The van der Waals surface area contributed by atoms with E-state index in [0.29, 0.717) is 0 Å². The van der Waals surface area contributed by atoms with E-state index in [1.165, 1.54) is 77.0 Å². The van der Waals surface area contributed by atoms with Gasteiger partial charge in [0.1, 0.15) is 5.82 Å². The van der Waals surface area contributed by atoms with E-state index in [-0.39, 0.29) is 5.82 Å². The molecule has 11 aromatic carbocycles. The molecule has 60 heavy (non-hydrogen) atoms. The summed E-state index contributed by atoms with van der Waals surface area (Å²) in [5.74, 6) is -0.264. The van der Waals surface area contributed by atoms with Crippen LogP contribution in [-0.2, 0) is 0 Å². The van der Waals surface area contributed by atoms with Crippen LogP contribution in [-0.4, -0.2) is 0 Å². The second-order valence-electron chi connectivity index (χ2n) is 15.4. The van der Waals surface area contributed by atoms with Crippen molar-refractivity contribution >= 4 is 60.2 Å². The molecular weight excluding hydrogens is 730 g/mol. The molecule has 0 aromatic heterocycles. The second kappa shape index (κ2) is 14.8. The van der Waals surface area contributed by atoms with Gasteiger partial charge in [-0.05, 0) is 136 Å². The maximum absolute atomic E-state index is 14.4. The molecule has 0 N–H and O–H groups in total. The van der Waals surface area contributed by atoms with Crippen molar-refractivity contribution in [3.05, 3.63) is 236 Å². The summed E-state index contributed by atoms with van der Waals surface area (Å²) in [4.78, 5) is 2.08. The predicted molar refractivity (Wildman–Crippen MR) is 253 cm³/mol. The van der Waals surface area contributed by atoms with Gasteiger partial charge >= 0.3 is 0 Å². The number of anilines is 3. The minimum atomic E-state index is -0.264. The maximum Gasteiger partial charge on any atom is 0.125 e. The SMILES string of the molecule is Fc1cccc(N(c2ccccc2)c2ccc(-c3ccc(-c4ccc5c(-c6cccc7ccccc67)c6ccccc6c(-c6cccc7ccccc67)c5c4)cc3)cc2)c1. The van der Waals surface area contributed by atoms with Crippen LogP contribution in [0.25, 0.3) is 87.6 Å². The molecule has 0 saturated carbocycles. The van der Waals surface area contributed by atoms with E-state index in [4.69, 9.17) is 0 Å². The molecule has 11 aromatic rings. The summed E-state index contributed by atoms with van der Waals surface area (Å²) in [6, 6.07) is 81.0. The second-order valence-corrected chi connectivity index (χ2v) is 15.4. The first-order valence-corrected chi connectivity index (χ1v) is 20.4. The number of halogens is 1. The van der Waals surface area contributed by atoms with Gasteiger partial charge in [0.15, 0.2) is 0 Å². The van der Waals surface area contributed by atoms with Gasteiger partial charge in [-0.2, -0.15) is 0 Å². The Morgan fingerprint density at radius 3 is 1.28 bits per heavy atom. The van der Waals surface area contributed by atoms with Crippen molar-refractivity contribution in [1.82, 2.24) is 0 Å². The number of benzene rings is 11. The summed E-state index contributed by atoms with van der Waals surface area (Å²) >= 11 is 0. The third-order valence-electron chi connectivity index (χ3n) is 11.9. The predicted octanol–water partition coefficient (Wildman–Crippen LogP) is 16.6. The van der Waals surface area contributed by atoms with E-state index in [0.717, 1.165) is 33.8 Å². The molecule has 0 bridgehead atoms. The quantitative estimate of drug-likeness (QED) is 0.146. The van der Waals surface area contributed by atoms with Crippen molar-refractivity contribution in [3.63, 3.8) is 0 Å². The van der Waals surface area contributed by atoms with Crippen LogP contribution in [0.15, 0.2) is 231 Å². The summed E-state index contributed by atoms with van der Waals surface area (Å²) in [5, 5.41) is 9.90. The summed E-state index contributed by atoms with van der Waals surface area (Å²) in [7, 11) is 0. The van der Waals surface area contributed by atoms with Crippen molar-refractivity contribution in [1.29, 1.82) is 0 Å². The standard InChI is InChI=1S/C58H38FN/c59-45-17-12-20-48(38-45)60(46-18-2-1-3-19-46)47-34-31-40(32-35-47)39-27-29-41(30-28-39)44-33-36-55-56(37-44)58(52-26-11-16-43-14-5-7-22-50(43)52)54-24-9-8-23-53(54)57(55)51-25-10-15-42-13-4-6-21-49(42)51/h1-38H. The van der Waals surface area contributed by atoms with E-state index < -0.39 is 0 Å². The number of rotatable bonds is 7. The Labute approximate surface area is 348 Å². The van der Waals surface area contributed by atoms with Crippen LogP contribution in [0.2, 0.25) is 0 Å². The monoisotopic (exact) mass is 767 g/mol. The zero-order valence-corrected chi connectivity index (χ0v) is 32.8. The minimum absolute atomic E-state index is 0.264. The Hall–Kier alpha value is -7.81. The minimum Gasteiger partial charge on any atom is -0.310 e. The lowest BCUT2D eigenvalue weighted by Crippen LogP contribution is -2.09. The van der Waals surface area contributed by atoms with Crippen LogP contribution >= 0.6 is 0 Å². The van der Waals surface area contributed by atoms with Gasteiger partial charge in [0.05, 0.1) is 0 Å². The van der Waals surface area contributed by atoms with E-state index in [1.807, 2.05) is 36.4 Å². The summed E-state index contributed by atoms with van der Waals surface area (Å²) < 4.78 is 14.4. The van der Waals surface area contributed by atoms with Gasteiger partial charge in [-0.25, -0.2) is 4.39 Å². The van der Waals surface area contributed by atoms with Gasteiger partial charge in [-0.3, -0.25) is 0 Å². The molecule has 0 unspecified atom stereocenters. The fourth-order valence-corrected chi connectivity index (χ4v) is 9.12. The Kier molecular flexibility index (Phi) is 8.75. The number of nitrogens with zero attached hydrogens (tertiary/aromatic N) is 1. The highest BCUT2D eigenvalue weighted by Crippen LogP contribution is 2.47. The molecule has 11 rings (SSSR count). The fraction of sp³-hybridized carbons (Fsp3) is 0. The molecule has 0 aliphatic heterocycles. The third kappa shape index (κ3) is 6.18. The van der Waals surface area contributed by atoms with Crippen molar-refractivity contribution < 1.29 is 4.39 Å². The van der Waals surface area contributed by atoms with Gasteiger partial charge in [-0.1, -0.05) is 182 Å². The molecule has 0 fully saturated rings. The van der Waals surface area contributed by atoms with Crippen LogP contribution < -0.4 is 4.90 Å². The van der Waals surface area contributed by atoms with Gasteiger partial charge in [-0.15, -0.1) is 0 Å². The molecule has 0 amide bonds. The lowest BCUT2D eigenvalue weighted by molar-refractivity contribution is 0.628. The Morgan fingerprint density at radius 2 is 0.683 bits per heavy atom. The van der Waals surface area contributed by atoms with Crippen LogP contribution in [0.1, 0.15) is 0 Å². The van der Waals surface area contributed by atoms with Gasteiger partial charge in [0, 0.05) is 17.1 Å². The number of para-hydroxylation sites is 1. The van der Waals surface area contributed by atoms with Crippen molar-refractivity contribution in [2.75, 3.05) is 4.90 Å². The Balaban J connectivity index is 1.04. The molecule has 0 radical (unpaired) electrons. The first-order valence-electron chi connectivity index (χ1n) is 20.4. The first-order chi connectivity index (χ1) is 29.7. The van der Waals surface area contributed by atoms with E-state index in [1.54, 1.807) is 12.1 Å². The van der Waals surface area contributed by atoms with Gasteiger partial charge in [0.2, 0.25) is 0 Å². The summed E-state index contributed by atoms with van der Waals surface area (Å²) in [6.45, 7) is 0. The van der Waals surface area contributed by atoms with Crippen molar-refractivity contribution in [2.24, 2.45) is 0 Å². The van der Waals surface area contributed by atoms with E-state index >= 15 is 0 Å². The summed E-state index contributed by atoms with van der Waals surface area (Å²) in [6.07, 6.45) is 0. The van der Waals surface area contributed by atoms with Crippen molar-refractivity contribution in [3.8, 4) is 44.5 Å². The molecule has 0 spiro atoms. The molecule has 282 valence electrons. The van der Waals surface area contributed by atoms with E-state index in [2.05, 4.69) is 181 Å². The van der Waals surface area contributed by atoms with Crippen LogP contribution in [0.3, 0.4) is 0 Å². The van der Waals surface area contributed by atoms with Crippen LogP contribution in [0, 0.1) is 5.82 Å². The largest absolute Gasteiger partial charge is 0.310 e. The highest BCUT2D eigenvalue weighted by atomic mass is 19.1. The van der Waals surface area contributed by atoms with Crippen LogP contribution in [0.4, 0.5) is 21.5 Å². The molecular formula is C58H38FN. The zero-order chi connectivity index (χ0) is 40.0. The lowest BCUT2D eigenvalue weighted by atomic mass is 9.83. The molecule has 0 aliphatic rings. The molecule has 0 aliphatic carbocycles. The van der Waals surface area contributed by atoms with Gasteiger partial charge < -0.3 is 4.90 Å². The first kappa shape index (κ1) is 35.4. The number of fused-ring (bicyclic) bond motifs is 4. The fourth-order valence-electron chi connectivity index (χ4n) is 9.12. The average molecular weight is 768 g/mol. The molecule has 0 heterocycles. The average Bonchev–Trinajstić information content (AvgIpc) is 3.31. The molecule has 1 nitrogen and oxygen atoms in total. The number of hydrogen-bond acceptors (Lipinski definition) is 1. The highest BCUT2D eigenvalue weighted by molar-refractivity contribution is 6.25. The maximum atomic E-state index is 14.4. The van der Waals surface area contributed by atoms with E-state index in [9.17, 15) is 4.39 Å². The molecule has 0 saturated heterocycles. The molecule has 0 atom stereocenters. The van der Waals surface area contributed by atoms with Crippen molar-refractivity contribution in [2.45, 2.75) is 0 Å². The Morgan fingerprint density at radius 1 is 0.267 bits per heavy atom. The smallest absolute Gasteiger partial charge is 0.125 e. The zero-order valence-electron chi connectivity index (χ0n) is 32.8. The Bertz CT molecular complexity index is 3360. The van der Waals surface area contributed by atoms with Crippen LogP contribution in [0.5, 0.6) is 0 Å². The summed E-state index contributed by atoms with van der Waals surface area (Å²) in [5.41, 5.74) is 12.2. The number of hydrogen-bond donors (Lipinski definition) is 0. The normalized spacial score (nSPS) is 11.4. The highest BCUT2D eigenvalue weighted by Gasteiger charge is 2.20. The van der Waals surface area contributed by atoms with Gasteiger partial charge in [0.25, 0.3) is 0 Å². The molecule has 2 heteroatoms. The lowest BCUT2D eigenvalue weighted by Gasteiger charge is -2.25.